The van der Waals surface area contributed by atoms with Crippen LogP contribution in [0.2, 0.25) is 5.02 Å². The third kappa shape index (κ3) is 5.27. The fourth-order valence-electron chi connectivity index (χ4n) is 2.92. The topological polar surface area (TPSA) is 102 Å². The summed E-state index contributed by atoms with van der Waals surface area (Å²) >= 11 is 6.13. The first-order valence-corrected chi connectivity index (χ1v) is 11.4. The van der Waals surface area contributed by atoms with Gasteiger partial charge in [-0.3, -0.25) is 9.52 Å². The fourth-order valence-corrected chi connectivity index (χ4v) is 4.42. The molecule has 9 heteroatoms. The van der Waals surface area contributed by atoms with E-state index < -0.39 is 21.9 Å². The Morgan fingerprint density at radius 3 is 2.22 bits per heavy atom. The molecular formula is C23H21ClN2O5S. The molecule has 0 saturated carbocycles. The molecule has 0 aliphatic rings. The molecule has 0 unspecified atom stereocenters. The Morgan fingerprint density at radius 2 is 1.56 bits per heavy atom. The number of nitrogens with one attached hydrogen (secondary N) is 2. The summed E-state index contributed by atoms with van der Waals surface area (Å²) in [6, 6.07) is 15.6. The van der Waals surface area contributed by atoms with Crippen molar-refractivity contribution in [2.75, 3.05) is 17.1 Å². The summed E-state index contributed by atoms with van der Waals surface area (Å²) in [6.45, 7) is 3.54. The second-order valence-corrected chi connectivity index (χ2v) is 9.15. The highest BCUT2D eigenvalue weighted by atomic mass is 35.5. The van der Waals surface area contributed by atoms with Gasteiger partial charge >= 0.3 is 5.97 Å². The molecule has 3 aromatic carbocycles. The third-order valence-corrected chi connectivity index (χ3v) is 6.53. The van der Waals surface area contributed by atoms with Crippen LogP contribution in [0.4, 0.5) is 11.4 Å². The Morgan fingerprint density at radius 1 is 0.906 bits per heavy atom. The molecule has 2 N–H and O–H groups in total. The van der Waals surface area contributed by atoms with Crippen LogP contribution in [0.5, 0.6) is 0 Å². The van der Waals surface area contributed by atoms with Crippen LogP contribution in [0.3, 0.4) is 0 Å². The molecule has 0 saturated heterocycles. The maximum Gasteiger partial charge on any atom is 0.337 e. The number of halogens is 1. The summed E-state index contributed by atoms with van der Waals surface area (Å²) < 4.78 is 33.1. The number of hydrogen-bond acceptors (Lipinski definition) is 5. The average Bonchev–Trinajstić information content (AvgIpc) is 2.76. The lowest BCUT2D eigenvalue weighted by atomic mass is 10.1. The number of carbonyl (C=O) groups is 2. The maximum absolute atomic E-state index is 12.9. The second-order valence-electron chi connectivity index (χ2n) is 7.09. The van der Waals surface area contributed by atoms with Gasteiger partial charge in [0.1, 0.15) is 0 Å². The first kappa shape index (κ1) is 23.3. The van der Waals surface area contributed by atoms with Crippen LogP contribution in [-0.4, -0.2) is 27.4 Å². The van der Waals surface area contributed by atoms with E-state index in [1.807, 2.05) is 6.92 Å². The number of benzene rings is 3. The number of methoxy groups -OCH3 is 1. The lowest BCUT2D eigenvalue weighted by molar-refractivity contribution is 0.0600. The van der Waals surface area contributed by atoms with Crippen molar-refractivity contribution < 1.29 is 22.7 Å². The summed E-state index contributed by atoms with van der Waals surface area (Å²) in [6.07, 6.45) is 0. The zero-order chi connectivity index (χ0) is 23.5. The SMILES string of the molecule is COC(=O)c1ccc(Cl)c(NC(=O)c2ccc(C)c(S(=O)(=O)Nc3ccc(C)cc3)c2)c1. The summed E-state index contributed by atoms with van der Waals surface area (Å²) in [5, 5.41) is 2.82. The zero-order valence-electron chi connectivity index (χ0n) is 17.6. The normalized spacial score (nSPS) is 11.0. The van der Waals surface area contributed by atoms with E-state index >= 15 is 0 Å². The molecule has 0 atom stereocenters. The number of hydrogen-bond donors (Lipinski definition) is 2. The Labute approximate surface area is 191 Å². The van der Waals surface area contributed by atoms with Crippen LogP contribution in [-0.2, 0) is 14.8 Å². The smallest absolute Gasteiger partial charge is 0.337 e. The number of ether oxygens (including phenoxy) is 1. The molecule has 3 rings (SSSR count). The predicted molar refractivity (Wildman–Crippen MR) is 124 cm³/mol. The Bertz CT molecular complexity index is 1290. The van der Waals surface area contributed by atoms with Crippen molar-refractivity contribution in [2.45, 2.75) is 18.7 Å². The fraction of sp³-hybridized carbons (Fsp3) is 0.130. The number of rotatable bonds is 6. The largest absolute Gasteiger partial charge is 0.465 e. The maximum atomic E-state index is 12.9. The van der Waals surface area contributed by atoms with Crippen molar-refractivity contribution in [2.24, 2.45) is 0 Å². The minimum absolute atomic E-state index is 0.0277. The molecule has 0 radical (unpaired) electrons. The summed E-state index contributed by atoms with van der Waals surface area (Å²) in [7, 11) is -2.69. The quantitative estimate of drug-likeness (QED) is 0.502. The van der Waals surface area contributed by atoms with E-state index in [2.05, 4.69) is 14.8 Å². The molecule has 7 nitrogen and oxygen atoms in total. The highest BCUT2D eigenvalue weighted by molar-refractivity contribution is 7.92. The van der Waals surface area contributed by atoms with E-state index in [0.29, 0.717) is 11.3 Å². The lowest BCUT2D eigenvalue weighted by Crippen LogP contribution is -2.17. The van der Waals surface area contributed by atoms with Crippen LogP contribution in [0, 0.1) is 13.8 Å². The van der Waals surface area contributed by atoms with Gasteiger partial charge in [-0.2, -0.15) is 0 Å². The van der Waals surface area contributed by atoms with Gasteiger partial charge in [0.25, 0.3) is 15.9 Å². The van der Waals surface area contributed by atoms with Gasteiger partial charge in [0.15, 0.2) is 0 Å². The van der Waals surface area contributed by atoms with Crippen molar-refractivity contribution in [1.82, 2.24) is 0 Å². The summed E-state index contributed by atoms with van der Waals surface area (Å²) in [5.41, 5.74) is 2.41. The highest BCUT2D eigenvalue weighted by Crippen LogP contribution is 2.26. The number of aryl methyl sites for hydroxylation is 2. The predicted octanol–water partition coefficient (Wildman–Crippen LogP) is 4.80. The monoisotopic (exact) mass is 472 g/mol. The van der Waals surface area contributed by atoms with Crippen LogP contribution in [0.15, 0.2) is 65.6 Å². The second kappa shape index (κ2) is 9.42. The van der Waals surface area contributed by atoms with Crippen molar-refractivity contribution in [3.8, 4) is 0 Å². The average molecular weight is 473 g/mol. The Balaban J connectivity index is 1.89. The number of carbonyl (C=O) groups excluding carboxylic acids is 2. The number of amides is 1. The van der Waals surface area contributed by atoms with Crippen LogP contribution in [0.25, 0.3) is 0 Å². The minimum atomic E-state index is -3.93. The van der Waals surface area contributed by atoms with Crippen LogP contribution >= 0.6 is 11.6 Å². The molecule has 0 aliphatic carbocycles. The molecule has 0 bridgehead atoms. The van der Waals surface area contributed by atoms with Gasteiger partial charge in [-0.05, 0) is 61.9 Å². The molecule has 0 spiro atoms. The van der Waals surface area contributed by atoms with Crippen LogP contribution < -0.4 is 10.0 Å². The van der Waals surface area contributed by atoms with Crippen molar-refractivity contribution in [3.05, 3.63) is 87.9 Å². The van der Waals surface area contributed by atoms with Gasteiger partial charge in [-0.1, -0.05) is 35.4 Å². The Hall–Kier alpha value is -3.36. The van der Waals surface area contributed by atoms with Gasteiger partial charge < -0.3 is 10.1 Å². The van der Waals surface area contributed by atoms with E-state index in [1.165, 1.54) is 37.4 Å². The zero-order valence-corrected chi connectivity index (χ0v) is 19.2. The molecule has 0 aromatic heterocycles. The molecule has 32 heavy (non-hydrogen) atoms. The minimum Gasteiger partial charge on any atom is -0.465 e. The first-order chi connectivity index (χ1) is 15.1. The molecule has 0 heterocycles. The number of sulfonamides is 1. The van der Waals surface area contributed by atoms with Crippen molar-refractivity contribution >= 4 is 44.9 Å². The van der Waals surface area contributed by atoms with E-state index in [1.54, 1.807) is 37.3 Å². The van der Waals surface area contributed by atoms with E-state index in [0.717, 1.165) is 5.56 Å². The van der Waals surface area contributed by atoms with Gasteiger partial charge in [-0.25, -0.2) is 13.2 Å². The number of anilines is 2. The molecule has 0 fully saturated rings. The van der Waals surface area contributed by atoms with E-state index in [9.17, 15) is 18.0 Å². The summed E-state index contributed by atoms with van der Waals surface area (Å²) in [4.78, 5) is 24.5. The summed E-state index contributed by atoms with van der Waals surface area (Å²) in [5.74, 6) is -1.16. The van der Waals surface area contributed by atoms with Gasteiger partial charge in [-0.15, -0.1) is 0 Å². The standard InChI is InChI=1S/C23H21ClN2O5S/c1-14-4-9-18(10-5-14)26-32(29,30)21-13-16(7-6-15(21)2)22(27)25-20-12-17(23(28)31-3)8-11-19(20)24/h4-13,26H,1-3H3,(H,25,27). The lowest BCUT2D eigenvalue weighted by Gasteiger charge is -2.13. The highest BCUT2D eigenvalue weighted by Gasteiger charge is 2.20. The molecule has 0 aliphatic heterocycles. The van der Waals surface area contributed by atoms with Gasteiger partial charge in [0, 0.05) is 11.3 Å². The molecular weight excluding hydrogens is 452 g/mol. The first-order valence-electron chi connectivity index (χ1n) is 9.50. The van der Waals surface area contributed by atoms with E-state index in [4.69, 9.17) is 11.6 Å². The van der Waals surface area contributed by atoms with Crippen LogP contribution in [0.1, 0.15) is 31.8 Å². The molecule has 3 aromatic rings. The molecule has 166 valence electrons. The van der Waals surface area contributed by atoms with Gasteiger partial charge in [0.05, 0.1) is 28.3 Å². The van der Waals surface area contributed by atoms with Crippen molar-refractivity contribution in [1.29, 1.82) is 0 Å². The Kier molecular flexibility index (Phi) is 6.86. The third-order valence-electron chi connectivity index (χ3n) is 4.68. The van der Waals surface area contributed by atoms with E-state index in [-0.39, 0.29) is 26.7 Å². The van der Waals surface area contributed by atoms with Gasteiger partial charge in [0.2, 0.25) is 0 Å². The van der Waals surface area contributed by atoms with Crippen molar-refractivity contribution in [3.63, 3.8) is 0 Å². The number of esters is 1. The molecule has 1 amide bonds.